The normalized spacial score (nSPS) is 14.3. The van der Waals surface area contributed by atoms with Crippen molar-refractivity contribution in [2.45, 2.75) is 25.5 Å². The van der Waals surface area contributed by atoms with Gasteiger partial charge in [-0.15, -0.1) is 11.3 Å². The number of hydrogen-bond acceptors (Lipinski definition) is 5. The van der Waals surface area contributed by atoms with Crippen LogP contribution >= 0.6 is 11.3 Å². The van der Waals surface area contributed by atoms with Gasteiger partial charge in [0.1, 0.15) is 5.01 Å². The molecule has 14 heavy (non-hydrogen) atoms. The Labute approximate surface area is 87.6 Å². The lowest BCUT2D eigenvalue weighted by Crippen LogP contribution is -2.42. The van der Waals surface area contributed by atoms with Crippen LogP contribution in [0.1, 0.15) is 18.9 Å². The molecule has 1 aromatic heterocycles. The summed E-state index contributed by atoms with van der Waals surface area (Å²) in [5, 5.41) is 23.9. The summed E-state index contributed by atoms with van der Waals surface area (Å²) in [6.45, 7) is 4.13. The van der Waals surface area contributed by atoms with Crippen molar-refractivity contribution < 1.29 is 10.2 Å². The van der Waals surface area contributed by atoms with Gasteiger partial charge in [0.15, 0.2) is 0 Å². The van der Waals surface area contributed by atoms with Crippen LogP contribution < -0.4 is 5.32 Å². The molecule has 5 heteroatoms. The number of hydrogen-bond donors (Lipinski definition) is 3. The van der Waals surface area contributed by atoms with E-state index in [1.807, 2.05) is 19.2 Å². The Morgan fingerprint density at radius 3 is 2.86 bits per heavy atom. The minimum absolute atomic E-state index is 0.221. The Hall–Kier alpha value is -0.490. The first-order valence-electron chi connectivity index (χ1n) is 4.50. The largest absolute Gasteiger partial charge is 0.394 e. The summed E-state index contributed by atoms with van der Waals surface area (Å²) in [5.74, 6) is 0. The van der Waals surface area contributed by atoms with Crippen LogP contribution in [-0.2, 0) is 5.54 Å². The molecular formula is C9H16N2O2S. The molecule has 3 N–H and O–H groups in total. The predicted octanol–water partition coefficient (Wildman–Crippen LogP) is 0.321. The Bertz CT molecular complexity index is 262. The summed E-state index contributed by atoms with van der Waals surface area (Å²) in [4.78, 5) is 4.20. The Morgan fingerprint density at radius 1 is 1.64 bits per heavy atom. The van der Waals surface area contributed by atoms with E-state index in [2.05, 4.69) is 10.3 Å². The molecule has 1 aromatic rings. The number of aliphatic hydroxyl groups is 2. The number of thiazole rings is 1. The molecule has 0 bridgehead atoms. The Morgan fingerprint density at radius 2 is 2.36 bits per heavy atom. The van der Waals surface area contributed by atoms with Gasteiger partial charge in [-0.2, -0.15) is 0 Å². The zero-order chi connectivity index (χ0) is 10.6. The fraction of sp³-hybridized carbons (Fsp3) is 0.667. The highest BCUT2D eigenvalue weighted by atomic mass is 32.1. The summed E-state index contributed by atoms with van der Waals surface area (Å²) >= 11 is 1.57. The zero-order valence-electron chi connectivity index (χ0n) is 8.40. The maximum Gasteiger partial charge on any atom is 0.112 e. The number of aromatic nitrogens is 1. The van der Waals surface area contributed by atoms with Crippen molar-refractivity contribution in [3.05, 3.63) is 16.6 Å². The Balaban J connectivity index is 2.50. The molecule has 0 aliphatic heterocycles. The summed E-state index contributed by atoms with van der Waals surface area (Å²) in [5.41, 5.74) is -0.260. The van der Waals surface area contributed by atoms with E-state index in [4.69, 9.17) is 5.11 Å². The SMILES string of the molecule is CC(C)(NCC(O)CO)c1nccs1. The quantitative estimate of drug-likeness (QED) is 0.663. The van der Waals surface area contributed by atoms with Crippen molar-refractivity contribution in [1.82, 2.24) is 10.3 Å². The van der Waals surface area contributed by atoms with Gasteiger partial charge < -0.3 is 15.5 Å². The number of aliphatic hydroxyl groups excluding tert-OH is 2. The summed E-state index contributed by atoms with van der Waals surface area (Å²) in [7, 11) is 0. The lowest BCUT2D eigenvalue weighted by Gasteiger charge is -2.25. The highest BCUT2D eigenvalue weighted by molar-refractivity contribution is 7.09. The summed E-state index contributed by atoms with van der Waals surface area (Å²) in [6, 6.07) is 0. The molecule has 1 heterocycles. The lowest BCUT2D eigenvalue weighted by molar-refractivity contribution is 0.0876. The van der Waals surface area contributed by atoms with E-state index in [-0.39, 0.29) is 12.1 Å². The topological polar surface area (TPSA) is 65.4 Å². The zero-order valence-corrected chi connectivity index (χ0v) is 9.21. The third-order valence-electron chi connectivity index (χ3n) is 1.96. The number of nitrogens with one attached hydrogen (secondary N) is 1. The maximum absolute atomic E-state index is 9.19. The van der Waals surface area contributed by atoms with Gasteiger partial charge in [0.2, 0.25) is 0 Å². The fourth-order valence-electron chi connectivity index (χ4n) is 1.05. The monoisotopic (exact) mass is 216 g/mol. The van der Waals surface area contributed by atoms with Crippen LogP contribution in [0, 0.1) is 0 Å². The van der Waals surface area contributed by atoms with Crippen molar-refractivity contribution in [2.75, 3.05) is 13.2 Å². The molecule has 0 saturated carbocycles. The highest BCUT2D eigenvalue weighted by Crippen LogP contribution is 2.21. The first-order chi connectivity index (χ1) is 6.56. The fourth-order valence-corrected chi connectivity index (χ4v) is 1.78. The van der Waals surface area contributed by atoms with Crippen LogP contribution in [0.2, 0.25) is 0 Å². The van der Waals surface area contributed by atoms with Gasteiger partial charge in [0.05, 0.1) is 18.2 Å². The van der Waals surface area contributed by atoms with Gasteiger partial charge in [0.25, 0.3) is 0 Å². The van der Waals surface area contributed by atoms with Crippen LogP contribution in [0.4, 0.5) is 0 Å². The van der Waals surface area contributed by atoms with Gasteiger partial charge >= 0.3 is 0 Å². The smallest absolute Gasteiger partial charge is 0.112 e. The van der Waals surface area contributed by atoms with E-state index in [1.165, 1.54) is 0 Å². The van der Waals surface area contributed by atoms with Crippen molar-refractivity contribution in [3.8, 4) is 0 Å². The number of nitrogens with zero attached hydrogens (tertiary/aromatic N) is 1. The first-order valence-corrected chi connectivity index (χ1v) is 5.38. The second-order valence-corrected chi connectivity index (χ2v) is 4.57. The Kier molecular flexibility index (Phi) is 4.00. The van der Waals surface area contributed by atoms with Crippen LogP contribution in [0.5, 0.6) is 0 Å². The summed E-state index contributed by atoms with van der Waals surface area (Å²) < 4.78 is 0. The third kappa shape index (κ3) is 3.02. The molecular weight excluding hydrogens is 200 g/mol. The van der Waals surface area contributed by atoms with Crippen LogP contribution in [0.25, 0.3) is 0 Å². The minimum Gasteiger partial charge on any atom is -0.394 e. The van der Waals surface area contributed by atoms with Gasteiger partial charge in [-0.25, -0.2) is 4.98 Å². The second-order valence-electron chi connectivity index (χ2n) is 3.68. The maximum atomic E-state index is 9.19. The van der Waals surface area contributed by atoms with Crippen LogP contribution in [0.15, 0.2) is 11.6 Å². The molecule has 0 aromatic carbocycles. The van der Waals surface area contributed by atoms with E-state index in [0.29, 0.717) is 6.54 Å². The molecule has 0 spiro atoms. The van der Waals surface area contributed by atoms with Crippen molar-refractivity contribution in [1.29, 1.82) is 0 Å². The molecule has 0 saturated heterocycles. The van der Waals surface area contributed by atoms with Gasteiger partial charge in [-0.1, -0.05) is 0 Å². The highest BCUT2D eigenvalue weighted by Gasteiger charge is 2.23. The lowest BCUT2D eigenvalue weighted by atomic mass is 10.1. The first kappa shape index (κ1) is 11.6. The predicted molar refractivity (Wildman–Crippen MR) is 56.2 cm³/mol. The van der Waals surface area contributed by atoms with Crippen molar-refractivity contribution in [3.63, 3.8) is 0 Å². The molecule has 0 aliphatic carbocycles. The molecule has 0 amide bonds. The second kappa shape index (κ2) is 4.84. The molecule has 1 atom stereocenters. The molecule has 0 aliphatic rings. The molecule has 0 fully saturated rings. The van der Waals surface area contributed by atoms with Crippen molar-refractivity contribution in [2.24, 2.45) is 0 Å². The number of rotatable bonds is 5. The van der Waals surface area contributed by atoms with Crippen LogP contribution in [0.3, 0.4) is 0 Å². The molecule has 1 rings (SSSR count). The average molecular weight is 216 g/mol. The van der Waals surface area contributed by atoms with Gasteiger partial charge in [-0.3, -0.25) is 0 Å². The molecule has 80 valence electrons. The summed E-state index contributed by atoms with van der Waals surface area (Å²) in [6.07, 6.45) is 1.04. The molecule has 4 nitrogen and oxygen atoms in total. The van der Waals surface area contributed by atoms with Gasteiger partial charge in [-0.05, 0) is 13.8 Å². The van der Waals surface area contributed by atoms with E-state index in [9.17, 15) is 5.11 Å². The van der Waals surface area contributed by atoms with E-state index < -0.39 is 6.10 Å². The average Bonchev–Trinajstić information content (AvgIpc) is 2.67. The van der Waals surface area contributed by atoms with Crippen molar-refractivity contribution >= 4 is 11.3 Å². The minimum atomic E-state index is -0.714. The van der Waals surface area contributed by atoms with Gasteiger partial charge in [0, 0.05) is 18.1 Å². The molecule has 0 radical (unpaired) electrons. The molecule has 1 unspecified atom stereocenters. The van der Waals surface area contributed by atoms with Crippen LogP contribution in [-0.4, -0.2) is 34.5 Å². The third-order valence-corrected chi connectivity index (χ3v) is 3.05. The van der Waals surface area contributed by atoms with E-state index in [0.717, 1.165) is 5.01 Å². The van der Waals surface area contributed by atoms with E-state index >= 15 is 0 Å². The van der Waals surface area contributed by atoms with E-state index in [1.54, 1.807) is 17.5 Å². The standard InChI is InChI=1S/C9H16N2O2S/c1-9(2,8-10-3-4-14-8)11-5-7(13)6-12/h3-4,7,11-13H,5-6H2,1-2H3.